The lowest BCUT2D eigenvalue weighted by Gasteiger charge is -2.13. The molecule has 0 radical (unpaired) electrons. The Morgan fingerprint density at radius 2 is 1.73 bits per heavy atom. The van der Waals surface area contributed by atoms with Gasteiger partial charge in [0.15, 0.2) is 11.6 Å². The number of alkyl halides is 3. The van der Waals surface area contributed by atoms with Gasteiger partial charge in [0.1, 0.15) is 0 Å². The van der Waals surface area contributed by atoms with Crippen LogP contribution in [0.5, 0.6) is 5.75 Å². The van der Waals surface area contributed by atoms with Gasteiger partial charge in [-0.15, -0.1) is 0 Å². The molecular weight excluding hydrogens is 392 g/mol. The van der Waals surface area contributed by atoms with Gasteiger partial charge >= 0.3 is 15.6 Å². The summed E-state index contributed by atoms with van der Waals surface area (Å²) in [5, 5.41) is 0.416. The van der Waals surface area contributed by atoms with Crippen LogP contribution in [0.4, 0.5) is 17.6 Å². The fourth-order valence-electron chi connectivity index (χ4n) is 1.91. The van der Waals surface area contributed by atoms with Crippen molar-refractivity contribution in [1.29, 1.82) is 0 Å². The normalized spacial score (nSPS) is 12.7. The largest absolute Gasteiger partial charge is 0.534 e. The van der Waals surface area contributed by atoms with Crippen LogP contribution >= 0.6 is 15.9 Å². The summed E-state index contributed by atoms with van der Waals surface area (Å²) in [6, 6.07) is 3.72. The summed E-state index contributed by atoms with van der Waals surface area (Å²) < 4.78 is 77.9. The highest BCUT2D eigenvalue weighted by Crippen LogP contribution is 2.36. The van der Waals surface area contributed by atoms with Crippen LogP contribution in [0.3, 0.4) is 0 Å². The Kier molecular flexibility index (Phi) is 4.16. The molecule has 9 heteroatoms. The summed E-state index contributed by atoms with van der Waals surface area (Å²) in [7, 11) is -5.92. The molecule has 0 atom stereocenters. The van der Waals surface area contributed by atoms with Gasteiger partial charge < -0.3 is 4.18 Å². The Morgan fingerprint density at radius 1 is 1.14 bits per heavy atom. The molecule has 0 saturated carbocycles. The second-order valence-electron chi connectivity index (χ2n) is 4.57. The summed E-state index contributed by atoms with van der Waals surface area (Å²) in [5.41, 5.74) is -4.47. The zero-order valence-corrected chi connectivity index (χ0v) is 13.7. The third-order valence-corrected chi connectivity index (χ3v) is 4.99. The van der Waals surface area contributed by atoms with Crippen LogP contribution in [0, 0.1) is 19.7 Å². The van der Waals surface area contributed by atoms with E-state index in [0.717, 1.165) is 6.07 Å². The van der Waals surface area contributed by atoms with E-state index in [9.17, 15) is 26.0 Å². The fourth-order valence-corrected chi connectivity index (χ4v) is 2.92. The van der Waals surface area contributed by atoms with E-state index in [2.05, 4.69) is 20.1 Å². The maximum Gasteiger partial charge on any atom is 0.534 e. The predicted octanol–water partition coefficient (Wildman–Crippen LogP) is 4.59. The summed E-state index contributed by atoms with van der Waals surface area (Å²) in [6.45, 7) is 3.27. The third kappa shape index (κ3) is 2.79. The molecule has 2 aromatic rings. The number of hydrogen-bond acceptors (Lipinski definition) is 3. The van der Waals surface area contributed by atoms with Gasteiger partial charge in [0, 0.05) is 9.86 Å². The van der Waals surface area contributed by atoms with Crippen molar-refractivity contribution in [2.24, 2.45) is 0 Å². The zero-order valence-electron chi connectivity index (χ0n) is 11.3. The number of rotatable bonds is 2. The first-order valence-corrected chi connectivity index (χ1v) is 8.04. The van der Waals surface area contributed by atoms with Gasteiger partial charge in [-0.05, 0) is 42.5 Å². The summed E-state index contributed by atoms with van der Waals surface area (Å²) >= 11 is 3.29. The molecule has 0 N–H and O–H groups in total. The van der Waals surface area contributed by atoms with Crippen LogP contribution in [0.25, 0.3) is 10.8 Å². The monoisotopic (exact) mass is 400 g/mol. The first kappa shape index (κ1) is 17.0. The summed E-state index contributed by atoms with van der Waals surface area (Å²) in [6.07, 6.45) is 0. The maximum absolute atomic E-state index is 14.4. The van der Waals surface area contributed by atoms with Crippen molar-refractivity contribution in [3.8, 4) is 5.75 Å². The van der Waals surface area contributed by atoms with E-state index in [1.807, 2.05) is 0 Å². The quantitative estimate of drug-likeness (QED) is 0.420. The van der Waals surface area contributed by atoms with Gasteiger partial charge in [-0.25, -0.2) is 4.39 Å². The van der Waals surface area contributed by atoms with Crippen molar-refractivity contribution in [3.05, 3.63) is 39.6 Å². The molecule has 0 fully saturated rings. The van der Waals surface area contributed by atoms with Crippen molar-refractivity contribution in [2.75, 3.05) is 0 Å². The molecule has 22 heavy (non-hydrogen) atoms. The highest BCUT2D eigenvalue weighted by Gasteiger charge is 2.49. The number of hydrogen-bond donors (Lipinski definition) is 0. The van der Waals surface area contributed by atoms with Crippen LogP contribution < -0.4 is 4.18 Å². The smallest absolute Gasteiger partial charge is 0.373 e. The molecule has 2 aromatic carbocycles. The van der Waals surface area contributed by atoms with Crippen molar-refractivity contribution in [1.82, 2.24) is 0 Å². The Morgan fingerprint density at radius 3 is 2.27 bits per heavy atom. The van der Waals surface area contributed by atoms with Gasteiger partial charge in [0.05, 0.1) is 0 Å². The molecule has 0 aliphatic rings. The first-order chi connectivity index (χ1) is 9.95. The van der Waals surface area contributed by atoms with Gasteiger partial charge in [-0.1, -0.05) is 22.0 Å². The summed E-state index contributed by atoms with van der Waals surface area (Å²) in [5.74, 6) is -2.15. The standard InChI is InChI=1S/C13H9BrF4O3S/c1-6-7(2)11-8(5-9(6)14)3-4-10(12(11)15)21-22(19,20)13(16,17)18/h3-5H,1-2H3. The molecule has 0 bridgehead atoms. The highest BCUT2D eigenvalue weighted by atomic mass is 79.9. The van der Waals surface area contributed by atoms with Crippen LogP contribution in [-0.2, 0) is 10.1 Å². The third-order valence-electron chi connectivity index (χ3n) is 3.20. The van der Waals surface area contributed by atoms with Crippen molar-refractivity contribution < 1.29 is 30.2 Å². The Labute approximate surface area is 132 Å². The Balaban J connectivity index is 2.67. The molecule has 0 aromatic heterocycles. The van der Waals surface area contributed by atoms with Gasteiger partial charge in [-0.3, -0.25) is 0 Å². The Hall–Kier alpha value is -1.35. The number of fused-ring (bicyclic) bond motifs is 1. The van der Waals surface area contributed by atoms with E-state index >= 15 is 0 Å². The lowest BCUT2D eigenvalue weighted by molar-refractivity contribution is -0.0500. The minimum Gasteiger partial charge on any atom is -0.373 e. The van der Waals surface area contributed by atoms with E-state index < -0.39 is 27.2 Å². The van der Waals surface area contributed by atoms with Gasteiger partial charge in [0.25, 0.3) is 0 Å². The van der Waals surface area contributed by atoms with E-state index in [1.54, 1.807) is 19.9 Å². The minimum absolute atomic E-state index is 0.00979. The average Bonchev–Trinajstić information content (AvgIpc) is 2.38. The molecule has 2 rings (SSSR count). The topological polar surface area (TPSA) is 43.4 Å². The Bertz CT molecular complexity index is 860. The lowest BCUT2D eigenvalue weighted by atomic mass is 10.0. The molecule has 0 unspecified atom stereocenters. The second-order valence-corrected chi connectivity index (χ2v) is 6.96. The molecule has 0 amide bonds. The molecule has 0 aliphatic carbocycles. The van der Waals surface area contributed by atoms with Crippen molar-refractivity contribution >= 4 is 36.8 Å². The molecule has 0 aliphatic heterocycles. The number of halogens is 5. The van der Waals surface area contributed by atoms with Crippen LogP contribution in [0.15, 0.2) is 22.7 Å². The molecule has 3 nitrogen and oxygen atoms in total. The SMILES string of the molecule is Cc1c(Br)cc2ccc(OS(=O)(=O)C(F)(F)F)c(F)c2c1C. The minimum atomic E-state index is -5.92. The maximum atomic E-state index is 14.4. The fraction of sp³-hybridized carbons (Fsp3) is 0.231. The van der Waals surface area contributed by atoms with Crippen molar-refractivity contribution in [3.63, 3.8) is 0 Å². The lowest BCUT2D eigenvalue weighted by Crippen LogP contribution is -2.28. The molecule has 0 heterocycles. The number of aryl methyl sites for hydroxylation is 1. The molecule has 0 spiro atoms. The number of benzene rings is 2. The summed E-state index contributed by atoms with van der Waals surface area (Å²) in [4.78, 5) is 0. The van der Waals surface area contributed by atoms with E-state index in [0.29, 0.717) is 21.0 Å². The molecule has 0 saturated heterocycles. The highest BCUT2D eigenvalue weighted by molar-refractivity contribution is 9.10. The molecule has 120 valence electrons. The average molecular weight is 401 g/mol. The first-order valence-electron chi connectivity index (χ1n) is 5.84. The molecular formula is C13H9BrF4O3S. The zero-order chi connectivity index (χ0) is 16.9. The van der Waals surface area contributed by atoms with Crippen LogP contribution in [-0.4, -0.2) is 13.9 Å². The van der Waals surface area contributed by atoms with Crippen molar-refractivity contribution in [2.45, 2.75) is 19.4 Å². The van der Waals surface area contributed by atoms with Crippen LogP contribution in [0.2, 0.25) is 0 Å². The predicted molar refractivity (Wildman–Crippen MR) is 76.7 cm³/mol. The van der Waals surface area contributed by atoms with E-state index in [1.165, 1.54) is 6.07 Å². The second kappa shape index (κ2) is 5.38. The van der Waals surface area contributed by atoms with E-state index in [4.69, 9.17) is 0 Å². The van der Waals surface area contributed by atoms with Gasteiger partial charge in [-0.2, -0.15) is 21.6 Å². The van der Waals surface area contributed by atoms with E-state index in [-0.39, 0.29) is 5.39 Å². The van der Waals surface area contributed by atoms with Gasteiger partial charge in [0.2, 0.25) is 0 Å². The van der Waals surface area contributed by atoms with Crippen LogP contribution in [0.1, 0.15) is 11.1 Å².